The predicted molar refractivity (Wildman–Crippen MR) is 110 cm³/mol. The SMILES string of the molecule is Cc1ccc(CN2CC[C@H](N3CC[C@H](c4ccc(C)c(F)c4)[C@@H](F)C3)C2=O)cc1F. The van der Waals surface area contributed by atoms with Crippen LogP contribution >= 0.6 is 0 Å². The second kappa shape index (κ2) is 8.42. The zero-order valence-corrected chi connectivity index (χ0v) is 17.4. The molecule has 6 heteroatoms. The maximum Gasteiger partial charge on any atom is 0.240 e. The molecule has 2 aliphatic rings. The molecule has 3 atom stereocenters. The van der Waals surface area contributed by atoms with Gasteiger partial charge in [0.2, 0.25) is 5.91 Å². The Morgan fingerprint density at radius 2 is 1.67 bits per heavy atom. The van der Waals surface area contributed by atoms with Crippen molar-refractivity contribution in [2.75, 3.05) is 19.6 Å². The van der Waals surface area contributed by atoms with Gasteiger partial charge in [-0.25, -0.2) is 13.2 Å². The van der Waals surface area contributed by atoms with Crippen LogP contribution in [-0.2, 0) is 11.3 Å². The van der Waals surface area contributed by atoms with Crippen molar-refractivity contribution in [1.29, 1.82) is 0 Å². The van der Waals surface area contributed by atoms with Crippen molar-refractivity contribution < 1.29 is 18.0 Å². The van der Waals surface area contributed by atoms with E-state index in [0.717, 1.165) is 5.56 Å². The maximum absolute atomic E-state index is 15.0. The lowest BCUT2D eigenvalue weighted by Crippen LogP contribution is -2.49. The number of hydrogen-bond donors (Lipinski definition) is 0. The molecule has 2 fully saturated rings. The number of piperidine rings is 1. The van der Waals surface area contributed by atoms with E-state index in [2.05, 4.69) is 0 Å². The highest BCUT2D eigenvalue weighted by Gasteiger charge is 2.40. The van der Waals surface area contributed by atoms with Crippen LogP contribution in [0.4, 0.5) is 13.2 Å². The monoisotopic (exact) mass is 416 g/mol. The zero-order valence-electron chi connectivity index (χ0n) is 17.4. The Hall–Kier alpha value is -2.34. The molecule has 0 spiro atoms. The van der Waals surface area contributed by atoms with Gasteiger partial charge < -0.3 is 4.90 Å². The fourth-order valence-corrected chi connectivity index (χ4v) is 4.60. The van der Waals surface area contributed by atoms with Gasteiger partial charge in [-0.2, -0.15) is 0 Å². The third-order valence-corrected chi connectivity index (χ3v) is 6.52. The van der Waals surface area contributed by atoms with Gasteiger partial charge in [-0.05, 0) is 67.6 Å². The highest BCUT2D eigenvalue weighted by atomic mass is 19.1. The molecule has 2 aromatic rings. The van der Waals surface area contributed by atoms with Crippen molar-refractivity contribution in [3.05, 3.63) is 70.3 Å². The number of nitrogens with zero attached hydrogens (tertiary/aromatic N) is 2. The van der Waals surface area contributed by atoms with Crippen molar-refractivity contribution >= 4 is 5.91 Å². The van der Waals surface area contributed by atoms with Crippen LogP contribution in [0.3, 0.4) is 0 Å². The summed E-state index contributed by atoms with van der Waals surface area (Å²) in [6, 6.07) is 9.61. The first-order chi connectivity index (χ1) is 14.3. The van der Waals surface area contributed by atoms with Gasteiger partial charge in [0.1, 0.15) is 17.8 Å². The molecule has 160 valence electrons. The Balaban J connectivity index is 1.39. The van der Waals surface area contributed by atoms with Crippen LogP contribution in [0.1, 0.15) is 41.0 Å². The molecule has 4 rings (SSSR count). The Morgan fingerprint density at radius 3 is 2.33 bits per heavy atom. The number of aryl methyl sites for hydroxylation is 2. The van der Waals surface area contributed by atoms with Crippen LogP contribution in [0.5, 0.6) is 0 Å². The highest BCUT2D eigenvalue weighted by Crippen LogP contribution is 2.33. The molecule has 2 heterocycles. The van der Waals surface area contributed by atoms with E-state index in [1.54, 1.807) is 36.9 Å². The van der Waals surface area contributed by atoms with Crippen molar-refractivity contribution in [3.8, 4) is 0 Å². The largest absolute Gasteiger partial charge is 0.337 e. The van der Waals surface area contributed by atoms with Crippen LogP contribution in [0.2, 0.25) is 0 Å². The summed E-state index contributed by atoms with van der Waals surface area (Å²) in [5.74, 6) is -0.954. The molecule has 0 aromatic heterocycles. The predicted octanol–water partition coefficient (Wildman–Crippen LogP) is 4.51. The molecule has 3 nitrogen and oxygen atoms in total. The minimum absolute atomic E-state index is 0.0250. The average molecular weight is 416 g/mol. The van der Waals surface area contributed by atoms with E-state index in [9.17, 15) is 18.0 Å². The summed E-state index contributed by atoms with van der Waals surface area (Å²) < 4.78 is 42.7. The Bertz CT molecular complexity index is 948. The van der Waals surface area contributed by atoms with Gasteiger partial charge in [-0.1, -0.05) is 24.3 Å². The van der Waals surface area contributed by atoms with Crippen LogP contribution in [-0.4, -0.2) is 47.6 Å². The molecule has 1 amide bonds. The lowest BCUT2D eigenvalue weighted by Gasteiger charge is -2.37. The van der Waals surface area contributed by atoms with Crippen molar-refractivity contribution in [1.82, 2.24) is 9.80 Å². The highest BCUT2D eigenvalue weighted by molar-refractivity contribution is 5.84. The lowest BCUT2D eigenvalue weighted by atomic mass is 9.87. The molecule has 2 saturated heterocycles. The molecule has 0 unspecified atom stereocenters. The number of carbonyl (C=O) groups excluding carboxylic acids is 1. The summed E-state index contributed by atoms with van der Waals surface area (Å²) >= 11 is 0. The normalized spacial score (nSPS) is 25.2. The number of amides is 1. The number of likely N-dealkylation sites (tertiary alicyclic amines) is 2. The van der Waals surface area contributed by atoms with Crippen molar-refractivity contribution in [2.24, 2.45) is 0 Å². The molecular weight excluding hydrogens is 389 g/mol. The second-order valence-corrected chi connectivity index (χ2v) is 8.56. The van der Waals surface area contributed by atoms with Gasteiger partial charge in [-0.3, -0.25) is 9.69 Å². The summed E-state index contributed by atoms with van der Waals surface area (Å²) in [7, 11) is 0. The van der Waals surface area contributed by atoms with Gasteiger partial charge in [0.05, 0.1) is 6.04 Å². The third kappa shape index (κ3) is 4.10. The van der Waals surface area contributed by atoms with Gasteiger partial charge >= 0.3 is 0 Å². The molecule has 30 heavy (non-hydrogen) atoms. The van der Waals surface area contributed by atoms with Gasteiger partial charge in [0, 0.05) is 25.6 Å². The fraction of sp³-hybridized carbons (Fsp3) is 0.458. The van der Waals surface area contributed by atoms with E-state index in [1.807, 2.05) is 11.0 Å². The maximum atomic E-state index is 15.0. The molecule has 0 bridgehead atoms. The fourth-order valence-electron chi connectivity index (χ4n) is 4.60. The summed E-state index contributed by atoms with van der Waals surface area (Å²) in [6.45, 7) is 5.12. The molecular formula is C24H27F3N2O. The molecule has 0 N–H and O–H groups in total. The number of carbonyl (C=O) groups is 1. The summed E-state index contributed by atoms with van der Waals surface area (Å²) in [5.41, 5.74) is 2.58. The van der Waals surface area contributed by atoms with Crippen LogP contribution in [0.15, 0.2) is 36.4 Å². The van der Waals surface area contributed by atoms with E-state index in [-0.39, 0.29) is 36.0 Å². The van der Waals surface area contributed by atoms with Crippen LogP contribution in [0.25, 0.3) is 0 Å². The van der Waals surface area contributed by atoms with Crippen LogP contribution < -0.4 is 0 Å². The molecule has 0 radical (unpaired) electrons. The number of halogens is 3. The zero-order chi connectivity index (χ0) is 21.4. The first kappa shape index (κ1) is 20.9. The summed E-state index contributed by atoms with van der Waals surface area (Å²) in [4.78, 5) is 16.6. The third-order valence-electron chi connectivity index (χ3n) is 6.52. The smallest absolute Gasteiger partial charge is 0.240 e. The standard InChI is InChI=1S/C24H27F3N2O/c1-15-3-5-17(11-20(15)25)13-29-10-8-23(24(29)30)28-9-7-19(22(27)14-28)18-6-4-16(2)21(26)12-18/h3-6,11-12,19,22-23H,7-10,13-14H2,1-2H3/t19-,22+,23+/m1/s1. The van der Waals surface area contributed by atoms with Gasteiger partial charge in [-0.15, -0.1) is 0 Å². The van der Waals surface area contributed by atoms with Crippen molar-refractivity contribution in [3.63, 3.8) is 0 Å². The van der Waals surface area contributed by atoms with Crippen molar-refractivity contribution in [2.45, 2.75) is 51.4 Å². The average Bonchev–Trinajstić information content (AvgIpc) is 3.07. The quantitative estimate of drug-likeness (QED) is 0.732. The van der Waals surface area contributed by atoms with E-state index in [0.29, 0.717) is 49.2 Å². The minimum Gasteiger partial charge on any atom is -0.337 e. The number of benzene rings is 2. The first-order valence-electron chi connectivity index (χ1n) is 10.5. The summed E-state index contributed by atoms with van der Waals surface area (Å²) in [6.07, 6.45) is 0.0502. The van der Waals surface area contributed by atoms with E-state index >= 15 is 0 Å². The molecule has 2 aliphatic heterocycles. The van der Waals surface area contributed by atoms with E-state index < -0.39 is 6.17 Å². The molecule has 0 saturated carbocycles. The Labute approximate surface area is 175 Å². The number of rotatable bonds is 4. The van der Waals surface area contributed by atoms with Gasteiger partial charge in [0.15, 0.2) is 0 Å². The van der Waals surface area contributed by atoms with Gasteiger partial charge in [0.25, 0.3) is 0 Å². The topological polar surface area (TPSA) is 23.6 Å². The Morgan fingerprint density at radius 1 is 0.967 bits per heavy atom. The minimum atomic E-state index is -1.14. The van der Waals surface area contributed by atoms with Crippen LogP contribution in [0, 0.1) is 25.5 Å². The van der Waals surface area contributed by atoms with E-state index in [1.165, 1.54) is 12.1 Å². The Kier molecular flexibility index (Phi) is 5.87. The molecule has 2 aromatic carbocycles. The van der Waals surface area contributed by atoms with E-state index in [4.69, 9.17) is 0 Å². The number of alkyl halides is 1. The lowest BCUT2D eigenvalue weighted by molar-refractivity contribution is -0.133. The number of hydrogen-bond acceptors (Lipinski definition) is 2. The first-order valence-corrected chi connectivity index (χ1v) is 10.5. The summed E-state index contributed by atoms with van der Waals surface area (Å²) in [5, 5.41) is 0. The second-order valence-electron chi connectivity index (χ2n) is 8.56. The molecule has 0 aliphatic carbocycles.